The lowest BCUT2D eigenvalue weighted by Gasteiger charge is -2.10. The number of benzene rings is 1. The van der Waals surface area contributed by atoms with Gasteiger partial charge in [0, 0.05) is 22.5 Å². The number of nitrogens with zero attached hydrogens (tertiary/aromatic N) is 2. The Morgan fingerprint density at radius 1 is 1.42 bits per heavy atom. The minimum atomic E-state index is -0.353. The Balaban J connectivity index is 1.76. The molecule has 1 aromatic carbocycles. The molecule has 0 atom stereocenters. The van der Waals surface area contributed by atoms with E-state index in [0.29, 0.717) is 15.9 Å². The summed E-state index contributed by atoms with van der Waals surface area (Å²) in [5.74, 6) is 0.0526. The van der Waals surface area contributed by atoms with Crippen molar-refractivity contribution in [1.29, 1.82) is 0 Å². The smallest absolute Gasteiger partial charge is 0.310 e. The molecule has 5 nitrogen and oxygen atoms in total. The van der Waals surface area contributed by atoms with Gasteiger partial charge in [-0.05, 0) is 36.1 Å². The zero-order chi connectivity index (χ0) is 17.3. The normalized spacial score (nSPS) is 11.4. The molecule has 0 amide bonds. The van der Waals surface area contributed by atoms with Crippen molar-refractivity contribution in [2.24, 2.45) is 0 Å². The van der Waals surface area contributed by atoms with Crippen LogP contribution in [0.25, 0.3) is 11.0 Å². The third-order valence-corrected chi connectivity index (χ3v) is 4.86. The lowest BCUT2D eigenvalue weighted by Crippen LogP contribution is -2.08. The highest BCUT2D eigenvalue weighted by molar-refractivity contribution is 7.10. The quantitative estimate of drug-likeness (QED) is 0.616. The second-order valence-electron chi connectivity index (χ2n) is 5.95. The van der Waals surface area contributed by atoms with Crippen LogP contribution in [0.4, 0.5) is 0 Å². The summed E-state index contributed by atoms with van der Waals surface area (Å²) in [4.78, 5) is 12.1. The Bertz CT molecular complexity index is 885. The first-order valence-corrected chi connectivity index (χ1v) is 8.73. The van der Waals surface area contributed by atoms with Crippen LogP contribution in [0.15, 0.2) is 22.8 Å². The molecule has 0 aliphatic heterocycles. The van der Waals surface area contributed by atoms with E-state index >= 15 is 0 Å². The third-order valence-electron chi connectivity index (χ3n) is 3.88. The van der Waals surface area contributed by atoms with Crippen LogP contribution < -0.4 is 0 Å². The highest BCUT2D eigenvalue weighted by Gasteiger charge is 2.15. The van der Waals surface area contributed by atoms with Crippen molar-refractivity contribution in [3.63, 3.8) is 0 Å². The zero-order valence-electron chi connectivity index (χ0n) is 13.6. The van der Waals surface area contributed by atoms with Gasteiger partial charge >= 0.3 is 5.97 Å². The van der Waals surface area contributed by atoms with E-state index in [9.17, 15) is 4.79 Å². The third kappa shape index (κ3) is 3.44. The number of furan rings is 1. The van der Waals surface area contributed by atoms with Crippen molar-refractivity contribution >= 4 is 40.1 Å². The van der Waals surface area contributed by atoms with E-state index in [4.69, 9.17) is 20.8 Å². The molecule has 3 rings (SSSR count). The molecule has 0 saturated heterocycles. The highest BCUT2D eigenvalue weighted by atomic mass is 35.5. The summed E-state index contributed by atoms with van der Waals surface area (Å²) in [7, 11) is 0. The lowest BCUT2D eigenvalue weighted by atomic mass is 9.95. The molecule has 0 bridgehead atoms. The van der Waals surface area contributed by atoms with E-state index < -0.39 is 0 Å². The molecule has 0 unspecified atom stereocenters. The van der Waals surface area contributed by atoms with E-state index in [1.54, 1.807) is 6.26 Å². The first-order valence-electron chi connectivity index (χ1n) is 7.58. The van der Waals surface area contributed by atoms with Crippen LogP contribution in [0.3, 0.4) is 0 Å². The number of halogens is 1. The molecule has 0 aliphatic rings. The number of esters is 1. The second-order valence-corrected chi connectivity index (χ2v) is 7.31. The number of hydrogen-bond acceptors (Lipinski definition) is 6. The molecule has 3 aromatic rings. The first kappa shape index (κ1) is 16.9. The fourth-order valence-electron chi connectivity index (χ4n) is 2.64. The van der Waals surface area contributed by atoms with Crippen LogP contribution in [0.5, 0.6) is 0 Å². The van der Waals surface area contributed by atoms with Crippen LogP contribution in [0, 0.1) is 6.92 Å². The summed E-state index contributed by atoms with van der Waals surface area (Å²) in [6.45, 7) is 6.39. The molecule has 2 aromatic heterocycles. The Morgan fingerprint density at radius 2 is 2.21 bits per heavy atom. The Labute approximate surface area is 148 Å². The van der Waals surface area contributed by atoms with Gasteiger partial charge < -0.3 is 9.15 Å². The van der Waals surface area contributed by atoms with Crippen molar-refractivity contribution < 1.29 is 13.9 Å². The Kier molecular flexibility index (Phi) is 4.87. The molecule has 2 heterocycles. The number of aryl methyl sites for hydroxylation is 1. The topological polar surface area (TPSA) is 65.2 Å². The molecular formula is C17H17ClN2O3S. The highest BCUT2D eigenvalue weighted by Crippen LogP contribution is 2.29. The van der Waals surface area contributed by atoms with Gasteiger partial charge in [0.05, 0.1) is 12.7 Å². The van der Waals surface area contributed by atoms with Gasteiger partial charge in [0.2, 0.25) is 0 Å². The fourth-order valence-corrected chi connectivity index (χ4v) is 3.24. The van der Waals surface area contributed by atoms with Gasteiger partial charge in [0.15, 0.2) is 0 Å². The van der Waals surface area contributed by atoms with Gasteiger partial charge in [-0.3, -0.25) is 4.79 Å². The average Bonchev–Trinajstić information content (AvgIpc) is 3.10. The number of carbonyl (C=O) groups is 1. The van der Waals surface area contributed by atoms with Gasteiger partial charge in [0.1, 0.15) is 22.2 Å². The van der Waals surface area contributed by atoms with Crippen LogP contribution in [0.1, 0.15) is 42.1 Å². The molecule has 24 heavy (non-hydrogen) atoms. The molecule has 0 spiro atoms. The molecule has 126 valence electrons. The minimum absolute atomic E-state index is 0.0281. The van der Waals surface area contributed by atoms with E-state index in [2.05, 4.69) is 36.4 Å². The van der Waals surface area contributed by atoms with E-state index in [-0.39, 0.29) is 19.0 Å². The van der Waals surface area contributed by atoms with E-state index in [1.165, 1.54) is 11.1 Å². The lowest BCUT2D eigenvalue weighted by molar-refractivity contribution is -0.144. The predicted octanol–water partition coefficient (Wildman–Crippen LogP) is 4.66. The van der Waals surface area contributed by atoms with E-state index in [0.717, 1.165) is 28.1 Å². The zero-order valence-corrected chi connectivity index (χ0v) is 15.2. The number of fused-ring (bicyclic) bond motifs is 1. The summed E-state index contributed by atoms with van der Waals surface area (Å²) in [6.07, 6.45) is 1.76. The SMILES string of the molecule is Cc1cc2occ(CC(=O)OCc3nnsc3Cl)c2cc1C(C)C. The Hall–Kier alpha value is -1.92. The maximum Gasteiger partial charge on any atom is 0.310 e. The van der Waals surface area contributed by atoms with Crippen LogP contribution in [0.2, 0.25) is 4.34 Å². The first-order chi connectivity index (χ1) is 11.5. The standard InChI is InChI=1S/C17H17ClN2O3S/c1-9(2)12-6-13-11(7-22-15(13)4-10(12)3)5-16(21)23-8-14-17(18)24-20-19-14/h4,6-7,9H,5,8H2,1-3H3. The molecule has 7 heteroatoms. The number of aromatic nitrogens is 2. The van der Waals surface area contributed by atoms with Crippen molar-refractivity contribution in [1.82, 2.24) is 9.59 Å². The number of ether oxygens (including phenoxy) is 1. The van der Waals surface area contributed by atoms with Gasteiger partial charge in [-0.1, -0.05) is 29.9 Å². The number of hydrogen-bond donors (Lipinski definition) is 0. The largest absolute Gasteiger partial charge is 0.464 e. The Morgan fingerprint density at radius 3 is 2.88 bits per heavy atom. The molecule has 0 fully saturated rings. The molecule has 0 aliphatic carbocycles. The maximum absolute atomic E-state index is 12.1. The summed E-state index contributed by atoms with van der Waals surface area (Å²) in [6, 6.07) is 4.11. The van der Waals surface area contributed by atoms with Crippen LogP contribution in [-0.2, 0) is 22.6 Å². The molecule has 0 N–H and O–H groups in total. The molecular weight excluding hydrogens is 348 g/mol. The number of rotatable bonds is 5. The van der Waals surface area contributed by atoms with Crippen LogP contribution >= 0.6 is 23.1 Å². The molecule has 0 saturated carbocycles. The summed E-state index contributed by atoms with van der Waals surface area (Å²) in [5, 5.41) is 4.77. The fraction of sp³-hybridized carbons (Fsp3) is 0.353. The summed E-state index contributed by atoms with van der Waals surface area (Å²) >= 11 is 6.96. The van der Waals surface area contributed by atoms with Crippen molar-refractivity contribution in [2.45, 2.75) is 39.7 Å². The van der Waals surface area contributed by atoms with Gasteiger partial charge in [-0.15, -0.1) is 5.10 Å². The summed E-state index contributed by atoms with van der Waals surface area (Å²) < 4.78 is 15.0. The minimum Gasteiger partial charge on any atom is -0.464 e. The molecule has 0 radical (unpaired) electrons. The van der Waals surface area contributed by atoms with Crippen molar-refractivity contribution in [3.05, 3.63) is 45.1 Å². The van der Waals surface area contributed by atoms with Crippen LogP contribution in [-0.4, -0.2) is 15.6 Å². The van der Waals surface area contributed by atoms with Gasteiger partial charge in [0.25, 0.3) is 0 Å². The van der Waals surface area contributed by atoms with E-state index in [1.807, 2.05) is 6.07 Å². The maximum atomic E-state index is 12.1. The monoisotopic (exact) mass is 364 g/mol. The number of carbonyl (C=O) groups excluding carboxylic acids is 1. The average molecular weight is 365 g/mol. The van der Waals surface area contributed by atoms with Crippen molar-refractivity contribution in [3.8, 4) is 0 Å². The van der Waals surface area contributed by atoms with Gasteiger partial charge in [-0.25, -0.2) is 0 Å². The van der Waals surface area contributed by atoms with Gasteiger partial charge in [-0.2, -0.15) is 0 Å². The predicted molar refractivity (Wildman–Crippen MR) is 93.5 cm³/mol. The van der Waals surface area contributed by atoms with Crippen molar-refractivity contribution in [2.75, 3.05) is 0 Å². The summed E-state index contributed by atoms with van der Waals surface area (Å²) in [5.41, 5.74) is 4.51. The second kappa shape index (κ2) is 6.91.